The number of unbranched alkanes of at least 4 members (excludes halogenated alkanes) is 3. The van der Waals surface area contributed by atoms with Gasteiger partial charge in [0.25, 0.3) is 5.91 Å². The van der Waals surface area contributed by atoms with Crippen molar-refractivity contribution in [3.8, 4) is 5.75 Å². The largest absolute Gasteiger partial charge is 0.480 e. The fraction of sp³-hybridized carbons (Fsp3) is 0.767. The van der Waals surface area contributed by atoms with Gasteiger partial charge in [-0.05, 0) is 59.0 Å². The van der Waals surface area contributed by atoms with Gasteiger partial charge in [0.2, 0.25) is 0 Å². The van der Waals surface area contributed by atoms with Gasteiger partial charge in [0.1, 0.15) is 5.75 Å². The molecule has 0 aliphatic carbocycles. The summed E-state index contributed by atoms with van der Waals surface area (Å²) in [4.78, 5) is 12.2. The average Bonchev–Trinajstić information content (AvgIpc) is 2.60. The first-order valence-electron chi connectivity index (χ1n) is 13.0. The Kier molecular flexibility index (Phi) is 10.1. The van der Waals surface area contributed by atoms with Crippen molar-refractivity contribution in [3.05, 3.63) is 29.3 Å². The maximum atomic E-state index is 12.2. The number of carbonyl (C=O) groups is 1. The van der Waals surface area contributed by atoms with Gasteiger partial charge in [-0.1, -0.05) is 108 Å². The van der Waals surface area contributed by atoms with Crippen molar-refractivity contribution < 1.29 is 9.53 Å². The van der Waals surface area contributed by atoms with Gasteiger partial charge < -0.3 is 10.5 Å². The zero-order chi connectivity index (χ0) is 25.7. The van der Waals surface area contributed by atoms with Crippen LogP contribution >= 0.6 is 0 Å². The lowest BCUT2D eigenvalue weighted by molar-refractivity contribution is -0.125. The molecule has 33 heavy (non-hydrogen) atoms. The summed E-state index contributed by atoms with van der Waals surface area (Å²) in [6.45, 7) is 25.2. The fourth-order valence-corrected chi connectivity index (χ4v) is 5.60. The second-order valence-corrected chi connectivity index (χ2v) is 13.8. The van der Waals surface area contributed by atoms with E-state index < -0.39 is 6.10 Å². The van der Waals surface area contributed by atoms with E-state index in [9.17, 15) is 4.79 Å². The number of ether oxygens (including phenoxy) is 1. The van der Waals surface area contributed by atoms with Crippen molar-refractivity contribution in [1.29, 1.82) is 0 Å². The van der Waals surface area contributed by atoms with Crippen LogP contribution in [0.15, 0.2) is 18.2 Å². The van der Waals surface area contributed by atoms with Gasteiger partial charge in [0.05, 0.1) is 0 Å². The van der Waals surface area contributed by atoms with Crippen LogP contribution in [0.4, 0.5) is 0 Å². The van der Waals surface area contributed by atoms with Gasteiger partial charge in [-0.25, -0.2) is 0 Å². The standard InChI is InChI=1S/C30H53NO2/c1-12-13-14-15-16-25(26(31)32)33-24-18-17-22(29(8,9)20-27(2,3)4)19-23(24)30(10,11)21-28(5,6)7/h17-19,25H,12-16,20-21H2,1-11H3,(H2,31,32). The number of hydrogen-bond donors (Lipinski definition) is 1. The molecule has 2 N–H and O–H groups in total. The summed E-state index contributed by atoms with van der Waals surface area (Å²) in [5, 5.41) is 0. The van der Waals surface area contributed by atoms with Crippen molar-refractivity contribution in [2.75, 3.05) is 0 Å². The van der Waals surface area contributed by atoms with Crippen molar-refractivity contribution in [1.82, 2.24) is 0 Å². The predicted octanol–water partition coefficient (Wildman–Crippen LogP) is 8.32. The Morgan fingerprint density at radius 1 is 0.848 bits per heavy atom. The molecule has 1 unspecified atom stereocenters. The van der Waals surface area contributed by atoms with E-state index in [4.69, 9.17) is 10.5 Å². The van der Waals surface area contributed by atoms with Gasteiger partial charge in [-0.3, -0.25) is 4.79 Å². The molecule has 1 rings (SSSR count). The number of amides is 1. The third kappa shape index (κ3) is 10.1. The molecule has 0 aliphatic heterocycles. The molecule has 0 saturated carbocycles. The quantitative estimate of drug-likeness (QED) is 0.319. The topological polar surface area (TPSA) is 52.3 Å². The van der Waals surface area contributed by atoms with E-state index in [1.165, 1.54) is 24.0 Å². The Balaban J connectivity index is 3.42. The van der Waals surface area contributed by atoms with Gasteiger partial charge in [0.15, 0.2) is 6.10 Å². The Bertz CT molecular complexity index is 762. The Morgan fingerprint density at radius 2 is 1.39 bits per heavy atom. The first-order valence-corrected chi connectivity index (χ1v) is 13.0. The zero-order valence-electron chi connectivity index (χ0n) is 23.7. The van der Waals surface area contributed by atoms with Crippen LogP contribution in [0, 0.1) is 10.8 Å². The van der Waals surface area contributed by atoms with E-state index >= 15 is 0 Å². The predicted molar refractivity (Wildman–Crippen MR) is 143 cm³/mol. The highest BCUT2D eigenvalue weighted by Gasteiger charge is 2.34. The third-order valence-corrected chi connectivity index (χ3v) is 6.34. The Labute approximate surface area is 205 Å². The van der Waals surface area contributed by atoms with Crippen LogP contribution in [0.1, 0.15) is 132 Å². The molecule has 1 atom stereocenters. The number of benzene rings is 1. The van der Waals surface area contributed by atoms with Crippen molar-refractivity contribution in [2.45, 2.75) is 138 Å². The summed E-state index contributed by atoms with van der Waals surface area (Å²) in [5.41, 5.74) is 8.59. The second-order valence-electron chi connectivity index (χ2n) is 13.8. The number of rotatable bonds is 12. The Hall–Kier alpha value is -1.51. The lowest BCUT2D eigenvalue weighted by Crippen LogP contribution is -2.35. The average molecular weight is 460 g/mol. The molecular weight excluding hydrogens is 406 g/mol. The number of hydrogen-bond acceptors (Lipinski definition) is 2. The lowest BCUT2D eigenvalue weighted by Gasteiger charge is -2.37. The van der Waals surface area contributed by atoms with Crippen LogP contribution in [0.3, 0.4) is 0 Å². The number of nitrogens with two attached hydrogens (primary N) is 1. The van der Waals surface area contributed by atoms with Gasteiger partial charge in [-0.15, -0.1) is 0 Å². The fourth-order valence-electron chi connectivity index (χ4n) is 5.60. The highest BCUT2D eigenvalue weighted by atomic mass is 16.5. The normalized spacial score (nSPS) is 14.3. The van der Waals surface area contributed by atoms with Gasteiger partial charge >= 0.3 is 0 Å². The summed E-state index contributed by atoms with van der Waals surface area (Å²) in [5.74, 6) is 0.432. The molecule has 0 aliphatic rings. The van der Waals surface area contributed by atoms with E-state index in [1.54, 1.807) is 0 Å². The molecule has 1 amide bonds. The van der Waals surface area contributed by atoms with Gasteiger partial charge in [0, 0.05) is 5.56 Å². The minimum Gasteiger partial charge on any atom is -0.480 e. The van der Waals surface area contributed by atoms with Crippen LogP contribution in [0.2, 0.25) is 0 Å². The molecule has 0 heterocycles. The second kappa shape index (κ2) is 11.3. The first kappa shape index (κ1) is 29.5. The summed E-state index contributed by atoms with van der Waals surface area (Å²) in [7, 11) is 0. The summed E-state index contributed by atoms with van der Waals surface area (Å²) >= 11 is 0. The van der Waals surface area contributed by atoms with E-state index in [1.807, 2.05) is 0 Å². The maximum Gasteiger partial charge on any atom is 0.258 e. The molecule has 3 heteroatoms. The van der Waals surface area contributed by atoms with Crippen LogP contribution < -0.4 is 10.5 Å². The first-order chi connectivity index (χ1) is 14.9. The van der Waals surface area contributed by atoms with Crippen molar-refractivity contribution >= 4 is 5.91 Å². The molecule has 0 spiro atoms. The van der Waals surface area contributed by atoms with E-state index in [0.29, 0.717) is 6.42 Å². The minimum absolute atomic E-state index is 0.0343. The molecule has 3 nitrogen and oxygen atoms in total. The number of carbonyl (C=O) groups excluding carboxylic acids is 1. The smallest absolute Gasteiger partial charge is 0.258 e. The van der Waals surface area contributed by atoms with E-state index in [2.05, 4.69) is 94.4 Å². The molecular formula is C30H53NO2. The minimum atomic E-state index is -0.584. The van der Waals surface area contributed by atoms with Crippen LogP contribution in [0.5, 0.6) is 5.75 Å². The molecule has 0 radical (unpaired) electrons. The molecule has 190 valence electrons. The molecule has 0 saturated heterocycles. The lowest BCUT2D eigenvalue weighted by atomic mass is 9.68. The molecule has 0 fully saturated rings. The highest BCUT2D eigenvalue weighted by molar-refractivity contribution is 5.79. The van der Waals surface area contributed by atoms with Crippen molar-refractivity contribution in [3.63, 3.8) is 0 Å². The van der Waals surface area contributed by atoms with Crippen LogP contribution in [-0.4, -0.2) is 12.0 Å². The highest BCUT2D eigenvalue weighted by Crippen LogP contribution is 2.44. The zero-order valence-corrected chi connectivity index (χ0v) is 23.7. The molecule has 0 bridgehead atoms. The maximum absolute atomic E-state index is 12.2. The van der Waals surface area contributed by atoms with Gasteiger partial charge in [-0.2, -0.15) is 0 Å². The van der Waals surface area contributed by atoms with E-state index in [0.717, 1.165) is 31.4 Å². The van der Waals surface area contributed by atoms with Crippen LogP contribution in [-0.2, 0) is 15.6 Å². The summed E-state index contributed by atoms with van der Waals surface area (Å²) in [6.07, 6.45) is 6.58. The van der Waals surface area contributed by atoms with Crippen molar-refractivity contribution in [2.24, 2.45) is 16.6 Å². The molecule has 1 aromatic rings. The third-order valence-electron chi connectivity index (χ3n) is 6.34. The summed E-state index contributed by atoms with van der Waals surface area (Å²) < 4.78 is 6.38. The SMILES string of the molecule is CCCCCCC(Oc1ccc(C(C)(C)CC(C)(C)C)cc1C(C)(C)CC(C)(C)C)C(N)=O. The summed E-state index contributed by atoms with van der Waals surface area (Å²) in [6, 6.07) is 6.61. The van der Waals surface area contributed by atoms with E-state index in [-0.39, 0.29) is 27.6 Å². The monoisotopic (exact) mass is 459 g/mol. The molecule has 1 aromatic carbocycles. The number of primary amides is 1. The Morgan fingerprint density at radius 3 is 1.88 bits per heavy atom. The molecule has 0 aromatic heterocycles. The van der Waals surface area contributed by atoms with Crippen LogP contribution in [0.25, 0.3) is 0 Å².